The second-order valence-electron chi connectivity index (χ2n) is 5.49. The molecule has 0 saturated carbocycles. The molecule has 1 rings (SSSR count). The Hall–Kier alpha value is -0.650. The van der Waals surface area contributed by atoms with Crippen molar-refractivity contribution in [3.63, 3.8) is 0 Å². The number of ether oxygens (including phenoxy) is 1. The lowest BCUT2D eigenvalue weighted by Gasteiger charge is -2.29. The third-order valence-corrected chi connectivity index (χ3v) is 3.32. The molecule has 1 fully saturated rings. The summed E-state index contributed by atoms with van der Waals surface area (Å²) in [6.07, 6.45) is 0.408. The lowest BCUT2D eigenvalue weighted by molar-refractivity contribution is -0.122. The van der Waals surface area contributed by atoms with Crippen LogP contribution in [0.4, 0.5) is 0 Å². The van der Waals surface area contributed by atoms with Gasteiger partial charge in [-0.15, -0.1) is 0 Å². The molecule has 5 heteroatoms. The highest BCUT2D eigenvalue weighted by molar-refractivity contribution is 5.76. The molecule has 0 aromatic carbocycles. The Bertz CT molecular complexity index is 253. The van der Waals surface area contributed by atoms with E-state index in [1.165, 1.54) is 0 Å². The first-order chi connectivity index (χ1) is 8.49. The summed E-state index contributed by atoms with van der Waals surface area (Å²) in [6.45, 7) is 10.5. The van der Waals surface area contributed by atoms with Crippen LogP contribution in [-0.2, 0) is 9.53 Å². The summed E-state index contributed by atoms with van der Waals surface area (Å²) < 4.78 is 5.30. The number of carbonyl (C=O) groups excluding carboxylic acids is 1. The minimum absolute atomic E-state index is 0.0527. The Kier molecular flexibility index (Phi) is 6.60. The summed E-state index contributed by atoms with van der Waals surface area (Å²) in [5.74, 6) is 0.391. The molecule has 106 valence electrons. The van der Waals surface area contributed by atoms with Gasteiger partial charge in [0.05, 0.1) is 13.2 Å². The van der Waals surface area contributed by atoms with Crippen molar-refractivity contribution >= 4 is 5.91 Å². The predicted molar refractivity (Wildman–Crippen MR) is 72.3 cm³/mol. The third kappa shape index (κ3) is 5.80. The molecule has 1 heterocycles. The van der Waals surface area contributed by atoms with Crippen molar-refractivity contribution in [2.75, 3.05) is 32.8 Å². The molecule has 1 aliphatic heterocycles. The Morgan fingerprint density at radius 2 is 1.94 bits per heavy atom. The molecular formula is C13H27N3O2. The summed E-state index contributed by atoms with van der Waals surface area (Å²) >= 11 is 0. The number of carbonyl (C=O) groups is 1. The number of nitrogens with one attached hydrogen (secondary N) is 1. The van der Waals surface area contributed by atoms with E-state index in [2.05, 4.69) is 10.2 Å². The number of morpholine rings is 1. The molecular weight excluding hydrogens is 230 g/mol. The van der Waals surface area contributed by atoms with Crippen LogP contribution in [0.25, 0.3) is 0 Å². The van der Waals surface area contributed by atoms with Crippen LogP contribution in [-0.4, -0.2) is 55.7 Å². The maximum absolute atomic E-state index is 11.8. The Morgan fingerprint density at radius 3 is 2.50 bits per heavy atom. The van der Waals surface area contributed by atoms with Gasteiger partial charge in [-0.3, -0.25) is 9.69 Å². The van der Waals surface area contributed by atoms with E-state index in [4.69, 9.17) is 10.5 Å². The minimum Gasteiger partial charge on any atom is -0.379 e. The van der Waals surface area contributed by atoms with Crippen molar-refractivity contribution in [3.8, 4) is 0 Å². The Labute approximate surface area is 110 Å². The Morgan fingerprint density at radius 1 is 1.33 bits per heavy atom. The van der Waals surface area contributed by atoms with Gasteiger partial charge in [0.2, 0.25) is 5.91 Å². The van der Waals surface area contributed by atoms with Gasteiger partial charge in [0, 0.05) is 38.1 Å². The van der Waals surface area contributed by atoms with E-state index in [-0.39, 0.29) is 18.0 Å². The topological polar surface area (TPSA) is 67.6 Å². The molecule has 1 amide bonds. The molecule has 1 saturated heterocycles. The van der Waals surface area contributed by atoms with Gasteiger partial charge in [-0.1, -0.05) is 13.8 Å². The highest BCUT2D eigenvalue weighted by Crippen LogP contribution is 2.03. The monoisotopic (exact) mass is 257 g/mol. The molecule has 18 heavy (non-hydrogen) atoms. The van der Waals surface area contributed by atoms with E-state index in [9.17, 15) is 4.79 Å². The first-order valence-electron chi connectivity index (χ1n) is 6.84. The molecule has 0 aromatic rings. The van der Waals surface area contributed by atoms with E-state index < -0.39 is 0 Å². The number of nitrogens with two attached hydrogens (primary N) is 1. The number of nitrogens with zero attached hydrogens (tertiary/aromatic N) is 1. The average Bonchev–Trinajstić information content (AvgIpc) is 2.29. The second kappa shape index (κ2) is 7.71. The number of hydrogen-bond acceptors (Lipinski definition) is 4. The largest absolute Gasteiger partial charge is 0.379 e. The zero-order chi connectivity index (χ0) is 13.5. The predicted octanol–water partition coefficient (Wildman–Crippen LogP) is 0.197. The van der Waals surface area contributed by atoms with Crippen molar-refractivity contribution in [3.05, 3.63) is 0 Å². The maximum atomic E-state index is 11.8. The fraction of sp³-hybridized carbons (Fsp3) is 0.923. The fourth-order valence-corrected chi connectivity index (χ4v) is 2.00. The van der Waals surface area contributed by atoms with Crippen molar-refractivity contribution in [1.29, 1.82) is 0 Å². The summed E-state index contributed by atoms with van der Waals surface area (Å²) in [7, 11) is 0. The molecule has 5 nitrogen and oxygen atoms in total. The number of amides is 1. The van der Waals surface area contributed by atoms with E-state index in [0.29, 0.717) is 12.3 Å². The molecule has 0 radical (unpaired) electrons. The zero-order valence-corrected chi connectivity index (χ0v) is 11.8. The van der Waals surface area contributed by atoms with Gasteiger partial charge < -0.3 is 15.8 Å². The van der Waals surface area contributed by atoms with Gasteiger partial charge in [0.1, 0.15) is 0 Å². The van der Waals surface area contributed by atoms with E-state index in [1.54, 1.807) is 0 Å². The van der Waals surface area contributed by atoms with Crippen LogP contribution >= 0.6 is 0 Å². The smallest absolute Gasteiger partial charge is 0.221 e. The molecule has 0 aliphatic carbocycles. The summed E-state index contributed by atoms with van der Waals surface area (Å²) in [5, 5.41) is 3.01. The molecule has 1 aliphatic rings. The summed E-state index contributed by atoms with van der Waals surface area (Å²) in [6, 6.07) is 0.107. The lowest BCUT2D eigenvalue weighted by Crippen LogP contribution is -2.47. The molecule has 3 N–H and O–H groups in total. The normalized spacial score (nSPS) is 20.7. The van der Waals surface area contributed by atoms with Crippen LogP contribution in [0.1, 0.15) is 27.2 Å². The van der Waals surface area contributed by atoms with Gasteiger partial charge >= 0.3 is 0 Å². The van der Waals surface area contributed by atoms with Crippen molar-refractivity contribution in [2.45, 2.75) is 39.3 Å². The standard InChI is InChI=1S/C13H27N3O2/c1-10(2)12(14)8-13(17)15-11(3)9-16-4-6-18-7-5-16/h10-12H,4-9,14H2,1-3H3,(H,15,17). The molecule has 2 unspecified atom stereocenters. The van der Waals surface area contributed by atoms with Crippen LogP contribution in [0.3, 0.4) is 0 Å². The highest BCUT2D eigenvalue weighted by Gasteiger charge is 2.17. The van der Waals surface area contributed by atoms with E-state index >= 15 is 0 Å². The van der Waals surface area contributed by atoms with Crippen LogP contribution in [0, 0.1) is 5.92 Å². The van der Waals surface area contributed by atoms with Crippen LogP contribution in [0.15, 0.2) is 0 Å². The number of hydrogen-bond donors (Lipinski definition) is 2. The fourth-order valence-electron chi connectivity index (χ4n) is 2.00. The molecule has 2 atom stereocenters. The minimum atomic E-state index is -0.0550. The maximum Gasteiger partial charge on any atom is 0.221 e. The number of rotatable bonds is 6. The second-order valence-corrected chi connectivity index (χ2v) is 5.49. The van der Waals surface area contributed by atoms with Crippen molar-refractivity contribution in [1.82, 2.24) is 10.2 Å². The Balaban J connectivity index is 2.22. The highest BCUT2D eigenvalue weighted by atomic mass is 16.5. The average molecular weight is 257 g/mol. The van der Waals surface area contributed by atoms with Gasteiger partial charge in [0.15, 0.2) is 0 Å². The van der Waals surface area contributed by atoms with Gasteiger partial charge in [0.25, 0.3) is 0 Å². The SMILES string of the molecule is CC(CN1CCOCC1)NC(=O)CC(N)C(C)C. The van der Waals surface area contributed by atoms with Gasteiger partial charge in [-0.25, -0.2) is 0 Å². The van der Waals surface area contributed by atoms with Crippen molar-refractivity contribution < 1.29 is 9.53 Å². The lowest BCUT2D eigenvalue weighted by atomic mass is 10.0. The first kappa shape index (κ1) is 15.4. The quantitative estimate of drug-likeness (QED) is 0.713. The molecule has 0 aromatic heterocycles. The molecule has 0 spiro atoms. The first-order valence-corrected chi connectivity index (χ1v) is 6.84. The van der Waals surface area contributed by atoms with E-state index in [0.717, 1.165) is 32.8 Å². The van der Waals surface area contributed by atoms with E-state index in [1.807, 2.05) is 20.8 Å². The summed E-state index contributed by atoms with van der Waals surface area (Å²) in [4.78, 5) is 14.1. The van der Waals surface area contributed by atoms with Crippen LogP contribution in [0.2, 0.25) is 0 Å². The van der Waals surface area contributed by atoms with Crippen molar-refractivity contribution in [2.24, 2.45) is 11.7 Å². The zero-order valence-electron chi connectivity index (χ0n) is 11.8. The van der Waals surface area contributed by atoms with Gasteiger partial charge in [-0.2, -0.15) is 0 Å². The summed E-state index contributed by atoms with van der Waals surface area (Å²) in [5.41, 5.74) is 5.89. The third-order valence-electron chi connectivity index (χ3n) is 3.32. The molecule has 0 bridgehead atoms. The van der Waals surface area contributed by atoms with Gasteiger partial charge in [-0.05, 0) is 12.8 Å². The van der Waals surface area contributed by atoms with Crippen LogP contribution < -0.4 is 11.1 Å². The van der Waals surface area contributed by atoms with Crippen LogP contribution in [0.5, 0.6) is 0 Å².